The monoisotopic (exact) mass is 699 g/mol. The molecule has 0 heterocycles. The van der Waals surface area contributed by atoms with Crippen molar-refractivity contribution in [1.29, 1.82) is 0 Å². The number of fused-ring (bicyclic) bond motifs is 4. The first-order valence-electron chi connectivity index (χ1n) is 18.9. The van der Waals surface area contributed by atoms with Crippen LogP contribution in [0.25, 0.3) is 76.8 Å². The molecule has 0 aliphatic heterocycles. The minimum absolute atomic E-state index is 1.10. The molecule has 0 saturated heterocycles. The van der Waals surface area contributed by atoms with Crippen LogP contribution in [0.2, 0.25) is 0 Å². The molecule has 0 N–H and O–H groups in total. The van der Waals surface area contributed by atoms with Gasteiger partial charge in [0.05, 0.1) is 5.69 Å². The minimum atomic E-state index is 1.10. The molecule has 0 unspecified atom stereocenters. The van der Waals surface area contributed by atoms with Crippen molar-refractivity contribution < 1.29 is 0 Å². The van der Waals surface area contributed by atoms with Gasteiger partial charge in [0.2, 0.25) is 0 Å². The first-order valence-corrected chi connectivity index (χ1v) is 18.9. The Morgan fingerprint density at radius 2 is 0.655 bits per heavy atom. The largest absolute Gasteiger partial charge is 0.309 e. The van der Waals surface area contributed by atoms with E-state index in [1.54, 1.807) is 0 Å². The summed E-state index contributed by atoms with van der Waals surface area (Å²) in [7, 11) is 0. The second kappa shape index (κ2) is 14.0. The third-order valence-corrected chi connectivity index (χ3v) is 10.8. The van der Waals surface area contributed by atoms with Crippen molar-refractivity contribution in [3.8, 4) is 44.5 Å². The number of rotatable bonds is 7. The summed E-state index contributed by atoms with van der Waals surface area (Å²) in [5, 5.41) is 7.38. The lowest BCUT2D eigenvalue weighted by atomic mass is 9.89. The molecule has 1 nitrogen and oxygen atoms in total. The van der Waals surface area contributed by atoms with E-state index in [0.717, 1.165) is 17.1 Å². The highest BCUT2D eigenvalue weighted by Gasteiger charge is 2.24. The maximum Gasteiger partial charge on any atom is 0.0624 e. The quantitative estimate of drug-likeness (QED) is 0.150. The lowest BCUT2D eigenvalue weighted by Gasteiger charge is -2.31. The topological polar surface area (TPSA) is 3.24 Å². The van der Waals surface area contributed by atoms with Gasteiger partial charge in [0.1, 0.15) is 0 Å². The smallest absolute Gasteiger partial charge is 0.0624 e. The summed E-state index contributed by atoms with van der Waals surface area (Å²) in [6.45, 7) is 0. The summed E-state index contributed by atoms with van der Waals surface area (Å²) < 4.78 is 0. The van der Waals surface area contributed by atoms with Gasteiger partial charge in [-0.15, -0.1) is 0 Å². The summed E-state index contributed by atoms with van der Waals surface area (Å²) in [5.41, 5.74) is 13.0. The van der Waals surface area contributed by atoms with Crippen molar-refractivity contribution in [2.45, 2.75) is 0 Å². The molecule has 0 radical (unpaired) electrons. The molecule has 55 heavy (non-hydrogen) atoms. The molecule has 0 spiro atoms. The Hall–Kier alpha value is -7.22. The minimum Gasteiger partial charge on any atom is -0.309 e. The predicted octanol–water partition coefficient (Wildman–Crippen LogP) is 15.3. The molecule has 0 bridgehead atoms. The van der Waals surface area contributed by atoms with Crippen LogP contribution >= 0.6 is 0 Å². The fraction of sp³-hybridized carbons (Fsp3) is 0. The van der Waals surface area contributed by atoms with Crippen LogP contribution in [0.3, 0.4) is 0 Å². The number of hydrogen-bond acceptors (Lipinski definition) is 1. The second-order valence-corrected chi connectivity index (χ2v) is 14.1. The Balaban J connectivity index is 1.21. The summed E-state index contributed by atoms with van der Waals surface area (Å²) >= 11 is 0. The highest BCUT2D eigenvalue weighted by atomic mass is 15.1. The summed E-state index contributed by atoms with van der Waals surface area (Å²) in [4.78, 5) is 2.47. The Morgan fingerprint density at radius 3 is 1.27 bits per heavy atom. The highest BCUT2D eigenvalue weighted by molar-refractivity contribution is 6.22. The third kappa shape index (κ3) is 6.02. The molecule has 10 aromatic rings. The van der Waals surface area contributed by atoms with Gasteiger partial charge in [-0.3, -0.25) is 0 Å². The van der Waals surface area contributed by atoms with Gasteiger partial charge in [0.25, 0.3) is 0 Å². The zero-order valence-electron chi connectivity index (χ0n) is 30.3. The molecule has 1 heteroatoms. The average molecular weight is 700 g/mol. The molecule has 0 atom stereocenters. The van der Waals surface area contributed by atoms with Gasteiger partial charge in [-0.05, 0) is 102 Å². The molecule has 0 aliphatic carbocycles. The molecule has 10 aromatic carbocycles. The van der Waals surface area contributed by atoms with Crippen LogP contribution in [-0.2, 0) is 0 Å². The molecule has 0 saturated carbocycles. The van der Waals surface area contributed by atoms with Crippen LogP contribution in [-0.4, -0.2) is 0 Å². The van der Waals surface area contributed by atoms with Crippen molar-refractivity contribution in [2.75, 3.05) is 4.90 Å². The van der Waals surface area contributed by atoms with Crippen molar-refractivity contribution >= 4 is 49.4 Å². The molecule has 0 aromatic heterocycles. The van der Waals surface area contributed by atoms with E-state index in [1.165, 1.54) is 76.8 Å². The van der Waals surface area contributed by atoms with Crippen LogP contribution in [0.1, 0.15) is 0 Å². The van der Waals surface area contributed by atoms with E-state index in [0.29, 0.717) is 0 Å². The summed E-state index contributed by atoms with van der Waals surface area (Å²) in [5.74, 6) is 0. The molecule has 10 rings (SSSR count). The van der Waals surface area contributed by atoms with E-state index < -0.39 is 0 Å². The van der Waals surface area contributed by atoms with E-state index >= 15 is 0 Å². The second-order valence-electron chi connectivity index (χ2n) is 14.1. The number of benzene rings is 10. The zero-order chi connectivity index (χ0) is 36.6. The fourth-order valence-electron chi connectivity index (χ4n) is 8.14. The first kappa shape index (κ1) is 32.4. The highest BCUT2D eigenvalue weighted by Crippen LogP contribution is 2.50. The Kier molecular flexibility index (Phi) is 8.24. The molecular weight excluding hydrogens is 663 g/mol. The maximum atomic E-state index is 2.47. The van der Waals surface area contributed by atoms with Crippen molar-refractivity contribution in [1.82, 2.24) is 0 Å². The van der Waals surface area contributed by atoms with Crippen LogP contribution in [0.5, 0.6) is 0 Å². The zero-order valence-corrected chi connectivity index (χ0v) is 30.3. The Labute approximate surface area is 322 Å². The predicted molar refractivity (Wildman–Crippen MR) is 235 cm³/mol. The molecular formula is C54H37N. The molecule has 0 fully saturated rings. The van der Waals surface area contributed by atoms with Gasteiger partial charge < -0.3 is 4.90 Å². The van der Waals surface area contributed by atoms with E-state index in [4.69, 9.17) is 0 Å². The first-order chi connectivity index (χ1) is 27.3. The number of hydrogen-bond donors (Lipinski definition) is 0. The van der Waals surface area contributed by atoms with E-state index in [2.05, 4.69) is 229 Å². The van der Waals surface area contributed by atoms with Gasteiger partial charge in [-0.2, -0.15) is 0 Å². The van der Waals surface area contributed by atoms with E-state index in [-0.39, 0.29) is 0 Å². The lowest BCUT2D eigenvalue weighted by Crippen LogP contribution is -2.12. The van der Waals surface area contributed by atoms with Gasteiger partial charge in [-0.1, -0.05) is 188 Å². The average Bonchev–Trinajstić information content (AvgIpc) is 3.27. The Morgan fingerprint density at radius 1 is 0.236 bits per heavy atom. The molecule has 0 amide bonds. The van der Waals surface area contributed by atoms with Crippen molar-refractivity contribution in [3.63, 3.8) is 0 Å². The van der Waals surface area contributed by atoms with Crippen molar-refractivity contribution in [3.05, 3.63) is 224 Å². The van der Waals surface area contributed by atoms with E-state index in [9.17, 15) is 0 Å². The van der Waals surface area contributed by atoms with Crippen LogP contribution in [0, 0.1) is 0 Å². The number of nitrogens with zero attached hydrogens (tertiary/aromatic N) is 1. The van der Waals surface area contributed by atoms with Gasteiger partial charge >= 0.3 is 0 Å². The Bertz CT molecular complexity index is 2950. The lowest BCUT2D eigenvalue weighted by molar-refractivity contribution is 1.30. The molecule has 0 aliphatic rings. The summed E-state index contributed by atoms with van der Waals surface area (Å²) in [6.07, 6.45) is 0. The molecule has 258 valence electrons. The van der Waals surface area contributed by atoms with Crippen LogP contribution in [0.4, 0.5) is 17.1 Å². The standard InChI is InChI=1S/C54H37N/c1-3-14-38(15-4-1)41-28-32-47(33-29-41)55(48-34-30-42(31-35-48)45-21-13-20-44(36-45)39-16-5-2-6-17-39)54-52-25-12-10-23-50(52)49-22-9-11-24-51(49)53(54)46-27-26-40-18-7-8-19-43(40)37-46/h1-37H. The van der Waals surface area contributed by atoms with Gasteiger partial charge in [-0.25, -0.2) is 0 Å². The summed E-state index contributed by atoms with van der Waals surface area (Å²) in [6, 6.07) is 81.5. The number of anilines is 3. The SMILES string of the molecule is c1ccc(-c2ccc(N(c3ccc(-c4cccc(-c5ccccc5)c4)cc3)c3c(-c4ccc5ccccc5c4)c4ccccc4c4ccccc34)cc2)cc1. The van der Waals surface area contributed by atoms with Crippen molar-refractivity contribution in [2.24, 2.45) is 0 Å². The van der Waals surface area contributed by atoms with Gasteiger partial charge in [0.15, 0.2) is 0 Å². The van der Waals surface area contributed by atoms with Crippen LogP contribution < -0.4 is 4.90 Å². The van der Waals surface area contributed by atoms with Gasteiger partial charge in [0, 0.05) is 22.3 Å². The maximum absolute atomic E-state index is 2.47. The fourth-order valence-corrected chi connectivity index (χ4v) is 8.14. The van der Waals surface area contributed by atoms with E-state index in [1.807, 2.05) is 0 Å². The van der Waals surface area contributed by atoms with Crippen LogP contribution in [0.15, 0.2) is 224 Å². The third-order valence-electron chi connectivity index (χ3n) is 10.8. The normalized spacial score (nSPS) is 11.3.